The van der Waals surface area contributed by atoms with Crippen LogP contribution in [0, 0.1) is 0 Å². The van der Waals surface area contributed by atoms with E-state index < -0.39 is 6.04 Å². The van der Waals surface area contributed by atoms with Gasteiger partial charge in [-0.3, -0.25) is 9.59 Å². The van der Waals surface area contributed by atoms with E-state index in [1.54, 1.807) is 23.1 Å². The Hall–Kier alpha value is -3.22. The number of rotatable bonds is 10. The Morgan fingerprint density at radius 2 is 1.62 bits per heavy atom. The first-order valence-corrected chi connectivity index (χ1v) is 13.0. The second kappa shape index (κ2) is 12.3. The predicted octanol–water partition coefficient (Wildman–Crippen LogP) is 5.82. The Morgan fingerprint density at radius 1 is 0.919 bits per heavy atom. The molecule has 0 unspecified atom stereocenters. The molecule has 2 amide bonds. The monoisotopic (exact) mass is 540 g/mol. The van der Waals surface area contributed by atoms with E-state index in [9.17, 15) is 9.59 Å². The van der Waals surface area contributed by atoms with Crippen LogP contribution in [0.4, 0.5) is 0 Å². The molecule has 1 heterocycles. The van der Waals surface area contributed by atoms with E-state index in [1.807, 2.05) is 62.4 Å². The van der Waals surface area contributed by atoms with E-state index in [-0.39, 0.29) is 37.6 Å². The Morgan fingerprint density at radius 3 is 2.32 bits per heavy atom. The molecular weight excluding hydrogens is 511 g/mol. The number of nitrogens with one attached hydrogen (secondary N) is 1. The van der Waals surface area contributed by atoms with E-state index >= 15 is 0 Å². The Balaban J connectivity index is 1.63. The third kappa shape index (κ3) is 6.96. The summed E-state index contributed by atoms with van der Waals surface area (Å²) in [6.45, 7) is 4.10. The van der Waals surface area contributed by atoms with Crippen molar-refractivity contribution >= 4 is 35.0 Å². The van der Waals surface area contributed by atoms with Crippen molar-refractivity contribution < 1.29 is 19.1 Å². The van der Waals surface area contributed by atoms with Crippen LogP contribution in [0.5, 0.6) is 11.5 Å². The predicted molar refractivity (Wildman–Crippen MR) is 145 cm³/mol. The van der Waals surface area contributed by atoms with E-state index in [1.165, 1.54) is 0 Å². The second-order valence-corrected chi connectivity index (χ2v) is 10.1. The number of fused-ring (bicyclic) bond motifs is 1. The number of hydrogen-bond donors (Lipinski definition) is 1. The van der Waals surface area contributed by atoms with Crippen molar-refractivity contribution in [1.82, 2.24) is 10.2 Å². The standard InChI is InChI=1S/C29H30Cl2N2O4/c1-19(2)32-29(35)25(15-20-7-4-3-5-8-20)33(17-22-23(30)9-6-10-24(22)31)28(34)14-12-21-11-13-26-27(16-21)37-18-36-26/h3-11,13,16,19,25H,12,14-15,17-18H2,1-2H3,(H,32,35)/t25-/m0/s1. The molecule has 0 radical (unpaired) electrons. The summed E-state index contributed by atoms with van der Waals surface area (Å²) in [6.07, 6.45) is 1.03. The lowest BCUT2D eigenvalue weighted by Crippen LogP contribution is -2.51. The molecule has 6 nitrogen and oxygen atoms in total. The number of nitrogens with zero attached hydrogens (tertiary/aromatic N) is 1. The van der Waals surface area contributed by atoms with Gasteiger partial charge < -0.3 is 19.7 Å². The van der Waals surface area contributed by atoms with Crippen LogP contribution in [0.3, 0.4) is 0 Å². The quantitative estimate of drug-likeness (QED) is 0.351. The van der Waals surface area contributed by atoms with Gasteiger partial charge in [-0.15, -0.1) is 0 Å². The number of carbonyl (C=O) groups excluding carboxylic acids is 2. The fourth-order valence-corrected chi connectivity index (χ4v) is 4.80. The highest BCUT2D eigenvalue weighted by atomic mass is 35.5. The number of aryl methyl sites for hydroxylation is 1. The fraction of sp³-hybridized carbons (Fsp3) is 0.310. The molecule has 0 bridgehead atoms. The van der Waals surface area contributed by atoms with Gasteiger partial charge in [0.2, 0.25) is 18.6 Å². The van der Waals surface area contributed by atoms with Crippen molar-refractivity contribution in [3.63, 3.8) is 0 Å². The lowest BCUT2D eigenvalue weighted by atomic mass is 10.0. The van der Waals surface area contributed by atoms with Crippen molar-refractivity contribution in [3.8, 4) is 11.5 Å². The maximum atomic E-state index is 13.8. The summed E-state index contributed by atoms with van der Waals surface area (Å²) in [6, 6.07) is 19.7. The normalized spacial score (nSPS) is 12.9. The highest BCUT2D eigenvalue weighted by Gasteiger charge is 2.31. The molecule has 8 heteroatoms. The molecule has 1 aliphatic rings. The summed E-state index contributed by atoms with van der Waals surface area (Å²) in [5.74, 6) is 0.966. The molecule has 0 aliphatic carbocycles. The third-order valence-corrected chi connectivity index (χ3v) is 6.86. The number of halogens is 2. The number of benzene rings is 3. The SMILES string of the molecule is CC(C)NC(=O)[C@H](Cc1ccccc1)N(Cc1c(Cl)cccc1Cl)C(=O)CCc1ccc2c(c1)OCO2. The summed E-state index contributed by atoms with van der Waals surface area (Å²) in [7, 11) is 0. The lowest BCUT2D eigenvalue weighted by Gasteiger charge is -2.32. The average molecular weight is 541 g/mol. The highest BCUT2D eigenvalue weighted by molar-refractivity contribution is 6.36. The van der Waals surface area contributed by atoms with Crippen LogP contribution >= 0.6 is 23.2 Å². The van der Waals surface area contributed by atoms with Crippen LogP contribution in [-0.2, 0) is 29.0 Å². The van der Waals surface area contributed by atoms with Gasteiger partial charge in [0.1, 0.15) is 6.04 Å². The van der Waals surface area contributed by atoms with Crippen LogP contribution in [0.15, 0.2) is 66.7 Å². The number of ether oxygens (including phenoxy) is 2. The molecule has 1 aliphatic heterocycles. The lowest BCUT2D eigenvalue weighted by molar-refractivity contribution is -0.141. The smallest absolute Gasteiger partial charge is 0.243 e. The molecule has 0 aromatic heterocycles. The van der Waals surface area contributed by atoms with Gasteiger partial charge in [0.25, 0.3) is 0 Å². The maximum absolute atomic E-state index is 13.8. The highest BCUT2D eigenvalue weighted by Crippen LogP contribution is 2.33. The number of hydrogen-bond acceptors (Lipinski definition) is 4. The van der Waals surface area contributed by atoms with Gasteiger partial charge in [0.15, 0.2) is 11.5 Å². The second-order valence-electron chi connectivity index (χ2n) is 9.28. The molecule has 37 heavy (non-hydrogen) atoms. The molecule has 0 saturated heterocycles. The van der Waals surface area contributed by atoms with Gasteiger partial charge in [-0.2, -0.15) is 0 Å². The molecule has 1 atom stereocenters. The summed E-state index contributed by atoms with van der Waals surface area (Å²) in [5.41, 5.74) is 2.50. The zero-order valence-corrected chi connectivity index (χ0v) is 22.4. The molecule has 4 rings (SSSR count). The van der Waals surface area contributed by atoms with Crippen molar-refractivity contribution in [2.24, 2.45) is 0 Å². The Labute approximate surface area is 227 Å². The minimum Gasteiger partial charge on any atom is -0.454 e. The van der Waals surface area contributed by atoms with Gasteiger partial charge in [-0.1, -0.05) is 65.7 Å². The number of amides is 2. The first-order valence-electron chi connectivity index (χ1n) is 12.3. The van der Waals surface area contributed by atoms with Gasteiger partial charge in [0.05, 0.1) is 0 Å². The van der Waals surface area contributed by atoms with Crippen LogP contribution in [0.25, 0.3) is 0 Å². The third-order valence-electron chi connectivity index (χ3n) is 6.16. The molecule has 194 valence electrons. The molecule has 3 aromatic rings. The van der Waals surface area contributed by atoms with E-state index in [0.29, 0.717) is 39.9 Å². The van der Waals surface area contributed by atoms with Gasteiger partial charge in [0, 0.05) is 41.0 Å². The van der Waals surface area contributed by atoms with E-state index in [2.05, 4.69) is 5.32 Å². The Bertz CT molecular complexity index is 1230. The minimum absolute atomic E-state index is 0.0831. The molecule has 0 fully saturated rings. The van der Waals surface area contributed by atoms with Crippen LogP contribution in [0.1, 0.15) is 37.0 Å². The van der Waals surface area contributed by atoms with Crippen molar-refractivity contribution in [1.29, 1.82) is 0 Å². The summed E-state index contributed by atoms with van der Waals surface area (Å²) >= 11 is 13.0. The van der Waals surface area contributed by atoms with Gasteiger partial charge in [-0.05, 0) is 55.7 Å². The summed E-state index contributed by atoms with van der Waals surface area (Å²) < 4.78 is 10.9. The van der Waals surface area contributed by atoms with Crippen LogP contribution in [0.2, 0.25) is 10.0 Å². The fourth-order valence-electron chi connectivity index (χ4n) is 4.28. The van der Waals surface area contributed by atoms with Crippen molar-refractivity contribution in [2.45, 2.75) is 51.7 Å². The van der Waals surface area contributed by atoms with Gasteiger partial charge >= 0.3 is 0 Å². The van der Waals surface area contributed by atoms with Gasteiger partial charge in [-0.25, -0.2) is 0 Å². The first-order chi connectivity index (χ1) is 17.8. The zero-order valence-electron chi connectivity index (χ0n) is 20.9. The van der Waals surface area contributed by atoms with Crippen LogP contribution in [-0.4, -0.2) is 35.6 Å². The molecule has 3 aromatic carbocycles. The van der Waals surface area contributed by atoms with E-state index in [4.69, 9.17) is 32.7 Å². The molecule has 0 saturated carbocycles. The minimum atomic E-state index is -0.749. The average Bonchev–Trinajstić information content (AvgIpc) is 3.34. The zero-order chi connectivity index (χ0) is 26.4. The largest absolute Gasteiger partial charge is 0.454 e. The Kier molecular flexibility index (Phi) is 8.95. The van der Waals surface area contributed by atoms with E-state index in [0.717, 1.165) is 11.1 Å². The first kappa shape index (κ1) is 26.8. The van der Waals surface area contributed by atoms with Crippen LogP contribution < -0.4 is 14.8 Å². The maximum Gasteiger partial charge on any atom is 0.243 e. The molecular formula is C29H30Cl2N2O4. The topological polar surface area (TPSA) is 67.9 Å². The molecule has 1 N–H and O–H groups in total. The summed E-state index contributed by atoms with van der Waals surface area (Å²) in [4.78, 5) is 28.9. The molecule has 0 spiro atoms. The summed E-state index contributed by atoms with van der Waals surface area (Å²) in [5, 5.41) is 3.88. The number of carbonyl (C=O) groups is 2. The van der Waals surface area contributed by atoms with Crippen molar-refractivity contribution in [2.75, 3.05) is 6.79 Å². The van der Waals surface area contributed by atoms with Crippen molar-refractivity contribution in [3.05, 3.63) is 93.5 Å².